The van der Waals surface area contributed by atoms with Gasteiger partial charge in [-0.15, -0.1) is 0 Å². The summed E-state index contributed by atoms with van der Waals surface area (Å²) in [5, 5.41) is 10.0. The molecule has 1 aliphatic heterocycles. The number of fused-ring (bicyclic) bond motifs is 1. The molecule has 0 spiro atoms. The van der Waals surface area contributed by atoms with Gasteiger partial charge in [-0.3, -0.25) is 4.79 Å². The van der Waals surface area contributed by atoms with E-state index < -0.39 is 0 Å². The summed E-state index contributed by atoms with van der Waals surface area (Å²) in [4.78, 5) is 11.3. The van der Waals surface area contributed by atoms with E-state index in [0.29, 0.717) is 24.7 Å². The lowest BCUT2D eigenvalue weighted by Crippen LogP contribution is -2.19. The monoisotopic (exact) mass is 254 g/mol. The Labute approximate surface area is 110 Å². The zero-order chi connectivity index (χ0) is 13.0. The third kappa shape index (κ3) is 3.25. The number of aliphatic hydroxyl groups is 1. The zero-order valence-corrected chi connectivity index (χ0v) is 11.4. The maximum absolute atomic E-state index is 11.3. The number of esters is 1. The Bertz CT molecular complexity index is 277. The van der Waals surface area contributed by atoms with E-state index in [2.05, 4.69) is 6.92 Å². The topological polar surface area (TPSA) is 46.5 Å². The molecule has 1 saturated heterocycles. The molecule has 1 heterocycles. The van der Waals surface area contributed by atoms with Crippen molar-refractivity contribution >= 4 is 5.97 Å². The van der Waals surface area contributed by atoms with E-state index in [1.165, 1.54) is 38.5 Å². The average molecular weight is 254 g/mol. The minimum Gasteiger partial charge on any atom is -0.462 e. The first-order valence-corrected chi connectivity index (χ1v) is 7.60. The molecule has 1 aliphatic carbocycles. The summed E-state index contributed by atoms with van der Waals surface area (Å²) in [6, 6.07) is 0. The molecule has 3 nitrogen and oxygen atoms in total. The van der Waals surface area contributed by atoms with Gasteiger partial charge in [0.1, 0.15) is 6.10 Å². The molecule has 0 aromatic carbocycles. The van der Waals surface area contributed by atoms with Crippen molar-refractivity contribution in [1.82, 2.24) is 0 Å². The Balaban J connectivity index is 1.67. The van der Waals surface area contributed by atoms with Crippen LogP contribution in [0.3, 0.4) is 0 Å². The Kier molecular flexibility index (Phi) is 5.04. The molecule has 2 aliphatic rings. The number of hydrogen-bond donors (Lipinski definition) is 1. The summed E-state index contributed by atoms with van der Waals surface area (Å²) < 4.78 is 5.25. The first-order chi connectivity index (χ1) is 8.72. The molecular formula is C15H26O3. The van der Waals surface area contributed by atoms with E-state index in [9.17, 15) is 9.90 Å². The Morgan fingerprint density at radius 3 is 2.72 bits per heavy atom. The smallest absolute Gasteiger partial charge is 0.306 e. The minimum absolute atomic E-state index is 0.0117. The lowest BCUT2D eigenvalue weighted by molar-refractivity contribution is -0.141. The van der Waals surface area contributed by atoms with Gasteiger partial charge in [0.2, 0.25) is 0 Å². The first-order valence-electron chi connectivity index (χ1n) is 7.60. The molecule has 0 aromatic rings. The quantitative estimate of drug-likeness (QED) is 0.561. The van der Waals surface area contributed by atoms with Gasteiger partial charge in [0.25, 0.3) is 0 Å². The third-order valence-electron chi connectivity index (χ3n) is 4.57. The van der Waals surface area contributed by atoms with Gasteiger partial charge < -0.3 is 9.84 Å². The van der Waals surface area contributed by atoms with Crippen LogP contribution in [-0.4, -0.2) is 23.3 Å². The highest BCUT2D eigenvalue weighted by molar-refractivity contribution is 5.72. The summed E-state index contributed by atoms with van der Waals surface area (Å²) >= 11 is 0. The van der Waals surface area contributed by atoms with Crippen LogP contribution in [0.5, 0.6) is 0 Å². The largest absolute Gasteiger partial charge is 0.462 e. The molecule has 104 valence electrons. The van der Waals surface area contributed by atoms with Crippen LogP contribution in [0.2, 0.25) is 0 Å². The van der Waals surface area contributed by atoms with E-state index >= 15 is 0 Å². The second-order valence-corrected chi connectivity index (χ2v) is 5.92. The summed E-state index contributed by atoms with van der Waals surface area (Å²) in [5.41, 5.74) is 0. The van der Waals surface area contributed by atoms with Crippen molar-refractivity contribution < 1.29 is 14.6 Å². The lowest BCUT2D eigenvalue weighted by Gasteiger charge is -2.18. The number of unbranched alkanes of at least 4 members (excludes halogenated alkanes) is 5. The molecule has 1 N–H and O–H groups in total. The van der Waals surface area contributed by atoms with E-state index in [0.717, 1.165) is 6.42 Å². The standard InChI is InChI=1S/C15H26O3/c1-2-3-4-5-6-7-8-11-12-9-15(17)18-14(12)10-13(11)16/h11-14,16H,2-10H2,1H3/t11-,12-,13-,14?/m1/s1. The number of hydrogen-bond acceptors (Lipinski definition) is 3. The zero-order valence-electron chi connectivity index (χ0n) is 11.4. The molecule has 4 atom stereocenters. The predicted molar refractivity (Wildman–Crippen MR) is 70.1 cm³/mol. The lowest BCUT2D eigenvalue weighted by atomic mass is 9.87. The van der Waals surface area contributed by atoms with Crippen molar-refractivity contribution in [3.05, 3.63) is 0 Å². The fourth-order valence-electron chi connectivity index (χ4n) is 3.54. The number of carbonyl (C=O) groups excluding carboxylic acids is 1. The minimum atomic E-state index is -0.247. The van der Waals surface area contributed by atoms with Crippen molar-refractivity contribution in [3.8, 4) is 0 Å². The molecule has 0 aromatic heterocycles. The first kappa shape index (κ1) is 13.9. The van der Waals surface area contributed by atoms with Crippen LogP contribution < -0.4 is 0 Å². The molecular weight excluding hydrogens is 228 g/mol. The van der Waals surface area contributed by atoms with Gasteiger partial charge in [-0.25, -0.2) is 0 Å². The maximum Gasteiger partial charge on any atom is 0.306 e. The Morgan fingerprint density at radius 2 is 1.94 bits per heavy atom. The number of aliphatic hydroxyl groups excluding tert-OH is 1. The van der Waals surface area contributed by atoms with Crippen molar-refractivity contribution in [3.63, 3.8) is 0 Å². The van der Waals surface area contributed by atoms with Gasteiger partial charge >= 0.3 is 5.97 Å². The number of ether oxygens (including phenoxy) is 1. The van der Waals surface area contributed by atoms with Crippen molar-refractivity contribution in [2.45, 2.75) is 76.9 Å². The summed E-state index contributed by atoms with van der Waals surface area (Å²) in [5.74, 6) is 0.528. The highest BCUT2D eigenvalue weighted by atomic mass is 16.6. The predicted octanol–water partition coefficient (Wildman–Crippen LogP) is 3.05. The van der Waals surface area contributed by atoms with Gasteiger partial charge in [-0.2, -0.15) is 0 Å². The van der Waals surface area contributed by atoms with Crippen molar-refractivity contribution in [2.24, 2.45) is 11.8 Å². The van der Waals surface area contributed by atoms with E-state index in [1.54, 1.807) is 0 Å². The van der Waals surface area contributed by atoms with E-state index in [1.807, 2.05) is 0 Å². The average Bonchev–Trinajstić information content (AvgIpc) is 2.80. The van der Waals surface area contributed by atoms with Gasteiger partial charge in [0.15, 0.2) is 0 Å². The maximum atomic E-state index is 11.3. The molecule has 3 heteroatoms. The molecule has 2 rings (SSSR count). The SMILES string of the molecule is CCCCCCCC[C@H]1[C@H](O)CC2OC(=O)C[C@@H]21. The second kappa shape index (κ2) is 6.55. The van der Waals surface area contributed by atoms with Gasteiger partial charge in [-0.05, 0) is 12.3 Å². The van der Waals surface area contributed by atoms with Crippen LogP contribution in [0.25, 0.3) is 0 Å². The highest BCUT2D eigenvalue weighted by Gasteiger charge is 2.48. The third-order valence-corrected chi connectivity index (χ3v) is 4.57. The highest BCUT2D eigenvalue weighted by Crippen LogP contribution is 2.43. The Morgan fingerprint density at radius 1 is 1.22 bits per heavy atom. The molecule has 0 bridgehead atoms. The fraction of sp³-hybridized carbons (Fsp3) is 0.933. The summed E-state index contributed by atoms with van der Waals surface area (Å²) in [7, 11) is 0. The fourth-order valence-corrected chi connectivity index (χ4v) is 3.54. The second-order valence-electron chi connectivity index (χ2n) is 5.92. The van der Waals surface area contributed by atoms with Gasteiger partial charge in [0, 0.05) is 12.3 Å². The van der Waals surface area contributed by atoms with Crippen molar-refractivity contribution in [1.29, 1.82) is 0 Å². The van der Waals surface area contributed by atoms with Gasteiger partial charge in [-0.1, -0.05) is 45.4 Å². The van der Waals surface area contributed by atoms with Crippen LogP contribution >= 0.6 is 0 Å². The van der Waals surface area contributed by atoms with Crippen molar-refractivity contribution in [2.75, 3.05) is 0 Å². The van der Waals surface area contributed by atoms with E-state index in [-0.39, 0.29) is 18.2 Å². The normalized spacial score (nSPS) is 34.7. The molecule has 0 radical (unpaired) electrons. The molecule has 1 saturated carbocycles. The number of carbonyl (C=O) groups is 1. The van der Waals surface area contributed by atoms with Crippen LogP contribution in [0.4, 0.5) is 0 Å². The van der Waals surface area contributed by atoms with Crippen LogP contribution in [0.1, 0.15) is 64.7 Å². The number of rotatable bonds is 7. The van der Waals surface area contributed by atoms with Gasteiger partial charge in [0.05, 0.1) is 12.5 Å². The molecule has 2 fully saturated rings. The molecule has 18 heavy (non-hydrogen) atoms. The Hall–Kier alpha value is -0.570. The van der Waals surface area contributed by atoms with Crippen LogP contribution in [0.15, 0.2) is 0 Å². The summed E-state index contributed by atoms with van der Waals surface area (Å²) in [6.07, 6.45) is 9.71. The van der Waals surface area contributed by atoms with E-state index in [4.69, 9.17) is 4.74 Å². The summed E-state index contributed by atoms with van der Waals surface area (Å²) in [6.45, 7) is 2.23. The van der Waals surface area contributed by atoms with Crippen LogP contribution in [0, 0.1) is 11.8 Å². The molecule has 1 unspecified atom stereocenters. The van der Waals surface area contributed by atoms with Crippen LogP contribution in [-0.2, 0) is 9.53 Å². The molecule has 0 amide bonds.